The first-order valence-corrected chi connectivity index (χ1v) is 7.89. The summed E-state index contributed by atoms with van der Waals surface area (Å²) in [6.07, 6.45) is 9.69. The second-order valence-electron chi connectivity index (χ2n) is 6.42. The van der Waals surface area contributed by atoms with Gasteiger partial charge in [0.15, 0.2) is 5.96 Å². The van der Waals surface area contributed by atoms with Gasteiger partial charge in [-0.05, 0) is 43.9 Å². The number of rotatable bonds is 3. The molecule has 1 saturated carbocycles. The Bertz CT molecular complexity index is 332. The molecular weight excluding hydrogens is 238 g/mol. The monoisotopic (exact) mass is 265 g/mol. The number of likely N-dealkylation sites (tertiary alicyclic amines) is 1. The van der Waals surface area contributed by atoms with E-state index in [0.29, 0.717) is 11.5 Å². The molecule has 4 heteroatoms. The summed E-state index contributed by atoms with van der Waals surface area (Å²) >= 11 is 0. The lowest BCUT2D eigenvalue weighted by molar-refractivity contribution is 0.105. The number of aliphatic imine (C=N–C) groups is 1. The van der Waals surface area contributed by atoms with Crippen molar-refractivity contribution in [2.75, 3.05) is 33.3 Å². The fourth-order valence-electron chi connectivity index (χ4n) is 3.75. The van der Waals surface area contributed by atoms with Crippen LogP contribution in [0, 0.1) is 5.41 Å². The SMILES string of the molecule is CN=C(NCCC1CCCO1)N1CCC2(CCC2)C1. The topological polar surface area (TPSA) is 36.9 Å². The van der Waals surface area contributed by atoms with Crippen molar-refractivity contribution in [2.45, 2.75) is 51.0 Å². The standard InChI is InChI=1S/C15H27N3O/c1-16-14(17-9-5-13-4-2-11-19-13)18-10-8-15(12-18)6-3-7-15/h13H,2-12H2,1H3,(H,16,17). The minimum Gasteiger partial charge on any atom is -0.378 e. The van der Waals surface area contributed by atoms with Gasteiger partial charge in [-0.15, -0.1) is 0 Å². The van der Waals surface area contributed by atoms with Gasteiger partial charge in [0.1, 0.15) is 0 Å². The number of hydrogen-bond donors (Lipinski definition) is 1. The number of nitrogens with one attached hydrogen (secondary N) is 1. The van der Waals surface area contributed by atoms with Gasteiger partial charge >= 0.3 is 0 Å². The van der Waals surface area contributed by atoms with Crippen molar-refractivity contribution in [3.63, 3.8) is 0 Å². The van der Waals surface area contributed by atoms with Crippen molar-refractivity contribution in [3.05, 3.63) is 0 Å². The summed E-state index contributed by atoms with van der Waals surface area (Å²) in [4.78, 5) is 6.90. The van der Waals surface area contributed by atoms with Gasteiger partial charge in [-0.2, -0.15) is 0 Å². The molecule has 4 nitrogen and oxygen atoms in total. The number of guanidine groups is 1. The molecule has 1 unspecified atom stereocenters. The molecule has 1 atom stereocenters. The van der Waals surface area contributed by atoms with Crippen LogP contribution in [0.1, 0.15) is 44.9 Å². The summed E-state index contributed by atoms with van der Waals surface area (Å²) in [5.41, 5.74) is 0.645. The van der Waals surface area contributed by atoms with E-state index in [1.165, 1.54) is 51.6 Å². The number of hydrogen-bond acceptors (Lipinski definition) is 2. The molecule has 0 amide bonds. The zero-order valence-corrected chi connectivity index (χ0v) is 12.2. The molecule has 1 spiro atoms. The third kappa shape index (κ3) is 2.88. The third-order valence-electron chi connectivity index (χ3n) is 5.14. The van der Waals surface area contributed by atoms with Gasteiger partial charge < -0.3 is 15.0 Å². The molecule has 0 aromatic heterocycles. The van der Waals surface area contributed by atoms with Crippen LogP contribution in [0.4, 0.5) is 0 Å². The normalized spacial score (nSPS) is 29.8. The lowest BCUT2D eigenvalue weighted by Crippen LogP contribution is -2.43. The first-order chi connectivity index (χ1) is 9.31. The predicted octanol–water partition coefficient (Wildman–Crippen LogP) is 2.01. The van der Waals surface area contributed by atoms with E-state index in [-0.39, 0.29) is 0 Å². The molecule has 0 radical (unpaired) electrons. The van der Waals surface area contributed by atoms with Crippen LogP contribution in [0.15, 0.2) is 4.99 Å². The molecule has 0 aromatic carbocycles. The Morgan fingerprint density at radius 3 is 2.84 bits per heavy atom. The highest BCUT2D eigenvalue weighted by atomic mass is 16.5. The zero-order valence-electron chi connectivity index (χ0n) is 12.2. The maximum absolute atomic E-state index is 5.66. The van der Waals surface area contributed by atoms with Gasteiger partial charge in [0, 0.05) is 33.3 Å². The van der Waals surface area contributed by atoms with E-state index in [9.17, 15) is 0 Å². The second-order valence-corrected chi connectivity index (χ2v) is 6.42. The number of ether oxygens (including phenoxy) is 1. The predicted molar refractivity (Wildman–Crippen MR) is 77.4 cm³/mol. The Hall–Kier alpha value is -0.770. The fourth-order valence-corrected chi connectivity index (χ4v) is 3.75. The molecule has 1 aliphatic carbocycles. The molecule has 108 valence electrons. The molecule has 2 heterocycles. The van der Waals surface area contributed by atoms with E-state index in [2.05, 4.69) is 15.2 Å². The first-order valence-electron chi connectivity index (χ1n) is 7.89. The highest BCUT2D eigenvalue weighted by Crippen LogP contribution is 2.47. The lowest BCUT2D eigenvalue weighted by atomic mass is 9.68. The van der Waals surface area contributed by atoms with Crippen molar-refractivity contribution < 1.29 is 4.74 Å². The van der Waals surface area contributed by atoms with Crippen molar-refractivity contribution >= 4 is 5.96 Å². The van der Waals surface area contributed by atoms with E-state index in [0.717, 1.165) is 25.5 Å². The molecule has 0 bridgehead atoms. The lowest BCUT2D eigenvalue weighted by Gasteiger charge is -2.38. The average molecular weight is 265 g/mol. The van der Waals surface area contributed by atoms with Crippen molar-refractivity contribution in [1.29, 1.82) is 0 Å². The molecular formula is C15H27N3O. The Kier molecular flexibility index (Phi) is 3.96. The maximum atomic E-state index is 5.66. The molecule has 0 aromatic rings. The molecule has 2 aliphatic heterocycles. The Balaban J connectivity index is 1.43. The van der Waals surface area contributed by atoms with Crippen LogP contribution in [0.25, 0.3) is 0 Å². The van der Waals surface area contributed by atoms with E-state index >= 15 is 0 Å². The van der Waals surface area contributed by atoms with Crippen LogP contribution < -0.4 is 5.32 Å². The van der Waals surface area contributed by atoms with Gasteiger partial charge in [-0.25, -0.2) is 0 Å². The van der Waals surface area contributed by atoms with Crippen LogP contribution in [-0.4, -0.2) is 50.3 Å². The first kappa shape index (κ1) is 13.2. The minimum atomic E-state index is 0.474. The van der Waals surface area contributed by atoms with Crippen molar-refractivity contribution in [1.82, 2.24) is 10.2 Å². The van der Waals surface area contributed by atoms with Crippen LogP contribution in [-0.2, 0) is 4.74 Å². The van der Waals surface area contributed by atoms with E-state index in [1.54, 1.807) is 0 Å². The van der Waals surface area contributed by atoms with Crippen LogP contribution in [0.5, 0.6) is 0 Å². The molecule has 1 N–H and O–H groups in total. The van der Waals surface area contributed by atoms with Crippen LogP contribution in [0.2, 0.25) is 0 Å². The minimum absolute atomic E-state index is 0.474. The van der Waals surface area contributed by atoms with Crippen molar-refractivity contribution in [3.8, 4) is 0 Å². The Morgan fingerprint density at radius 1 is 1.37 bits per heavy atom. The third-order valence-corrected chi connectivity index (χ3v) is 5.14. The molecule has 3 fully saturated rings. The zero-order chi connectivity index (χ0) is 13.1. The summed E-state index contributed by atoms with van der Waals surface area (Å²) in [6, 6.07) is 0. The summed E-state index contributed by atoms with van der Waals surface area (Å²) in [5.74, 6) is 1.10. The van der Waals surface area contributed by atoms with Gasteiger partial charge in [0.05, 0.1) is 6.10 Å². The molecule has 3 aliphatic rings. The van der Waals surface area contributed by atoms with Gasteiger partial charge in [0.25, 0.3) is 0 Å². The van der Waals surface area contributed by atoms with Crippen LogP contribution >= 0.6 is 0 Å². The van der Waals surface area contributed by atoms with E-state index < -0.39 is 0 Å². The number of nitrogens with zero attached hydrogens (tertiary/aromatic N) is 2. The largest absolute Gasteiger partial charge is 0.378 e. The maximum Gasteiger partial charge on any atom is 0.193 e. The van der Waals surface area contributed by atoms with Gasteiger partial charge in [0.2, 0.25) is 0 Å². The summed E-state index contributed by atoms with van der Waals surface area (Å²) < 4.78 is 5.66. The van der Waals surface area contributed by atoms with E-state index in [4.69, 9.17) is 4.74 Å². The smallest absolute Gasteiger partial charge is 0.193 e. The van der Waals surface area contributed by atoms with Crippen LogP contribution in [0.3, 0.4) is 0 Å². The quantitative estimate of drug-likeness (QED) is 0.626. The highest BCUT2D eigenvalue weighted by Gasteiger charge is 2.43. The summed E-state index contributed by atoms with van der Waals surface area (Å²) in [6.45, 7) is 4.33. The van der Waals surface area contributed by atoms with Gasteiger partial charge in [-0.3, -0.25) is 4.99 Å². The molecule has 2 saturated heterocycles. The van der Waals surface area contributed by atoms with E-state index in [1.807, 2.05) is 7.05 Å². The highest BCUT2D eigenvalue weighted by molar-refractivity contribution is 5.80. The van der Waals surface area contributed by atoms with Gasteiger partial charge in [-0.1, -0.05) is 6.42 Å². The summed E-state index contributed by atoms with van der Waals surface area (Å²) in [5, 5.41) is 3.52. The Morgan fingerprint density at radius 2 is 2.26 bits per heavy atom. The average Bonchev–Trinajstić information content (AvgIpc) is 3.03. The van der Waals surface area contributed by atoms with Crippen molar-refractivity contribution in [2.24, 2.45) is 10.4 Å². The molecule has 3 rings (SSSR count). The Labute approximate surface area is 116 Å². The second kappa shape index (κ2) is 5.70. The molecule has 19 heavy (non-hydrogen) atoms. The summed E-state index contributed by atoms with van der Waals surface area (Å²) in [7, 11) is 1.90. The fraction of sp³-hybridized carbons (Fsp3) is 0.933.